The van der Waals surface area contributed by atoms with E-state index in [0.717, 1.165) is 15.4 Å². The Morgan fingerprint density at radius 1 is 1.25 bits per heavy atom. The number of aromatic nitrogens is 3. The van der Waals surface area contributed by atoms with Gasteiger partial charge < -0.3 is 9.26 Å². The summed E-state index contributed by atoms with van der Waals surface area (Å²) in [5.41, 5.74) is 1.09. The van der Waals surface area contributed by atoms with Gasteiger partial charge in [-0.3, -0.25) is 0 Å². The van der Waals surface area contributed by atoms with Gasteiger partial charge in [0.15, 0.2) is 5.82 Å². The molecule has 0 aliphatic carbocycles. The van der Waals surface area contributed by atoms with Crippen LogP contribution in [0, 0.1) is 0 Å². The molecule has 0 fully saturated rings. The van der Waals surface area contributed by atoms with Crippen LogP contribution in [0.25, 0.3) is 21.3 Å². The Morgan fingerprint density at radius 3 is 2.90 bits per heavy atom. The Balaban J connectivity index is 1.81. The fourth-order valence-electron chi connectivity index (χ4n) is 1.74. The molecule has 0 N–H and O–H groups in total. The molecule has 0 spiro atoms. The van der Waals surface area contributed by atoms with Gasteiger partial charge in [0.2, 0.25) is 0 Å². The van der Waals surface area contributed by atoms with Crippen LogP contribution in [-0.2, 0) is 11.2 Å². The number of ether oxygens (including phenoxy) is 1. The SMILES string of the molecule is COCCc1noc(-c2cnc(-c3ccccc3)s2)n1. The largest absolute Gasteiger partial charge is 0.384 e. The molecule has 3 rings (SSSR count). The quantitative estimate of drug-likeness (QED) is 0.721. The van der Waals surface area contributed by atoms with Crippen LogP contribution in [0.2, 0.25) is 0 Å². The van der Waals surface area contributed by atoms with E-state index < -0.39 is 0 Å². The van der Waals surface area contributed by atoms with Crippen LogP contribution >= 0.6 is 11.3 Å². The first-order valence-electron chi connectivity index (χ1n) is 6.20. The van der Waals surface area contributed by atoms with E-state index in [1.165, 1.54) is 11.3 Å². The number of rotatable bonds is 5. The molecule has 0 bridgehead atoms. The van der Waals surface area contributed by atoms with E-state index in [-0.39, 0.29) is 0 Å². The maximum Gasteiger partial charge on any atom is 0.269 e. The van der Waals surface area contributed by atoms with Crippen molar-refractivity contribution in [2.45, 2.75) is 6.42 Å². The Morgan fingerprint density at radius 2 is 2.10 bits per heavy atom. The maximum absolute atomic E-state index is 5.25. The van der Waals surface area contributed by atoms with Crippen molar-refractivity contribution in [3.05, 3.63) is 42.4 Å². The average Bonchev–Trinajstić information content (AvgIpc) is 3.15. The van der Waals surface area contributed by atoms with E-state index in [0.29, 0.717) is 24.7 Å². The third kappa shape index (κ3) is 2.76. The van der Waals surface area contributed by atoms with Crippen molar-refractivity contribution in [3.63, 3.8) is 0 Å². The molecule has 1 aromatic carbocycles. The summed E-state index contributed by atoms with van der Waals surface area (Å²) in [6.45, 7) is 0.580. The van der Waals surface area contributed by atoms with Gasteiger partial charge in [0.25, 0.3) is 5.89 Å². The van der Waals surface area contributed by atoms with Crippen molar-refractivity contribution in [2.75, 3.05) is 13.7 Å². The first-order valence-corrected chi connectivity index (χ1v) is 7.01. The van der Waals surface area contributed by atoms with E-state index in [1.807, 2.05) is 30.3 Å². The molecule has 0 saturated carbocycles. The fourth-order valence-corrected chi connectivity index (χ4v) is 2.58. The van der Waals surface area contributed by atoms with Crippen LogP contribution in [0.4, 0.5) is 0 Å². The molecule has 6 heteroatoms. The molecule has 2 heterocycles. The lowest BCUT2D eigenvalue weighted by molar-refractivity contribution is 0.199. The second-order valence-electron chi connectivity index (χ2n) is 4.15. The second kappa shape index (κ2) is 5.94. The number of hydrogen-bond donors (Lipinski definition) is 0. The summed E-state index contributed by atoms with van der Waals surface area (Å²) in [4.78, 5) is 9.61. The predicted molar refractivity (Wildman–Crippen MR) is 76.4 cm³/mol. The number of hydrogen-bond acceptors (Lipinski definition) is 6. The molecule has 0 radical (unpaired) electrons. The lowest BCUT2D eigenvalue weighted by Gasteiger charge is -1.92. The van der Waals surface area contributed by atoms with Gasteiger partial charge in [0, 0.05) is 19.1 Å². The van der Waals surface area contributed by atoms with Gasteiger partial charge in [-0.25, -0.2) is 4.98 Å². The van der Waals surface area contributed by atoms with Crippen LogP contribution in [0.5, 0.6) is 0 Å². The maximum atomic E-state index is 5.25. The Labute approximate surface area is 120 Å². The molecule has 0 saturated heterocycles. The lowest BCUT2D eigenvalue weighted by atomic mass is 10.2. The lowest BCUT2D eigenvalue weighted by Crippen LogP contribution is -1.95. The summed E-state index contributed by atoms with van der Waals surface area (Å²) in [6, 6.07) is 10.0. The zero-order valence-corrected chi connectivity index (χ0v) is 11.8. The van der Waals surface area contributed by atoms with Crippen molar-refractivity contribution in [2.24, 2.45) is 0 Å². The van der Waals surface area contributed by atoms with Gasteiger partial charge in [-0.05, 0) is 0 Å². The van der Waals surface area contributed by atoms with Crippen LogP contribution in [0.15, 0.2) is 41.1 Å². The molecule has 0 aliphatic heterocycles. The summed E-state index contributed by atoms with van der Waals surface area (Å²) in [5, 5.41) is 4.87. The normalized spacial score (nSPS) is 10.8. The van der Waals surface area contributed by atoms with E-state index in [2.05, 4.69) is 15.1 Å². The highest BCUT2D eigenvalue weighted by atomic mass is 32.1. The van der Waals surface area contributed by atoms with E-state index in [1.54, 1.807) is 13.3 Å². The summed E-state index contributed by atoms with van der Waals surface area (Å²) in [7, 11) is 1.65. The number of thiazole rings is 1. The zero-order valence-electron chi connectivity index (χ0n) is 10.9. The first-order chi connectivity index (χ1) is 9.86. The molecule has 20 heavy (non-hydrogen) atoms. The summed E-state index contributed by atoms with van der Waals surface area (Å²) in [5.74, 6) is 1.16. The molecule has 3 aromatic rings. The van der Waals surface area contributed by atoms with Gasteiger partial charge >= 0.3 is 0 Å². The van der Waals surface area contributed by atoms with Gasteiger partial charge in [-0.1, -0.05) is 35.5 Å². The molecule has 0 unspecified atom stereocenters. The van der Waals surface area contributed by atoms with Crippen molar-refractivity contribution in [1.82, 2.24) is 15.1 Å². The Hall–Kier alpha value is -2.05. The average molecular weight is 287 g/mol. The highest BCUT2D eigenvalue weighted by Gasteiger charge is 2.13. The zero-order chi connectivity index (χ0) is 13.8. The third-order valence-corrected chi connectivity index (χ3v) is 3.77. The molecule has 2 aromatic heterocycles. The first kappa shape index (κ1) is 13.0. The van der Waals surface area contributed by atoms with E-state index in [4.69, 9.17) is 9.26 Å². The molecule has 0 amide bonds. The summed E-state index contributed by atoms with van der Waals surface area (Å²) in [6.07, 6.45) is 2.41. The minimum Gasteiger partial charge on any atom is -0.384 e. The molecule has 102 valence electrons. The summed E-state index contributed by atoms with van der Waals surface area (Å²) < 4.78 is 10.2. The van der Waals surface area contributed by atoms with Crippen LogP contribution in [-0.4, -0.2) is 28.8 Å². The summed E-state index contributed by atoms with van der Waals surface area (Å²) >= 11 is 1.54. The molecule has 0 atom stereocenters. The van der Waals surface area contributed by atoms with Crippen molar-refractivity contribution >= 4 is 11.3 Å². The van der Waals surface area contributed by atoms with Gasteiger partial charge in [0.05, 0.1) is 12.8 Å². The minimum absolute atomic E-state index is 0.510. The second-order valence-corrected chi connectivity index (χ2v) is 5.18. The van der Waals surface area contributed by atoms with Gasteiger partial charge in [-0.2, -0.15) is 4.98 Å². The Kier molecular flexibility index (Phi) is 3.85. The highest BCUT2D eigenvalue weighted by Crippen LogP contribution is 2.30. The molecular formula is C14H13N3O2S. The predicted octanol–water partition coefficient (Wildman–Crippen LogP) is 3.05. The number of benzene rings is 1. The number of methoxy groups -OCH3 is 1. The third-order valence-electron chi connectivity index (χ3n) is 2.74. The minimum atomic E-state index is 0.510. The van der Waals surface area contributed by atoms with Gasteiger partial charge in [0.1, 0.15) is 9.88 Å². The van der Waals surface area contributed by atoms with Crippen LogP contribution in [0.3, 0.4) is 0 Å². The van der Waals surface area contributed by atoms with E-state index >= 15 is 0 Å². The molecular weight excluding hydrogens is 274 g/mol. The topological polar surface area (TPSA) is 61.0 Å². The van der Waals surface area contributed by atoms with Crippen molar-refractivity contribution < 1.29 is 9.26 Å². The standard InChI is InChI=1S/C14H13N3O2S/c1-18-8-7-12-16-13(19-17-12)11-9-15-14(20-11)10-5-3-2-4-6-10/h2-6,9H,7-8H2,1H3. The number of nitrogens with zero attached hydrogens (tertiary/aromatic N) is 3. The van der Waals surface area contributed by atoms with Crippen LogP contribution < -0.4 is 0 Å². The highest BCUT2D eigenvalue weighted by molar-refractivity contribution is 7.18. The van der Waals surface area contributed by atoms with Gasteiger partial charge in [-0.15, -0.1) is 11.3 Å². The van der Waals surface area contributed by atoms with Crippen molar-refractivity contribution in [3.8, 4) is 21.3 Å². The molecule has 5 nitrogen and oxygen atoms in total. The fraction of sp³-hybridized carbons (Fsp3) is 0.214. The van der Waals surface area contributed by atoms with Crippen molar-refractivity contribution in [1.29, 1.82) is 0 Å². The molecule has 0 aliphatic rings. The Bertz CT molecular complexity index is 679. The van der Waals surface area contributed by atoms with Crippen LogP contribution in [0.1, 0.15) is 5.82 Å². The smallest absolute Gasteiger partial charge is 0.269 e. The van der Waals surface area contributed by atoms with E-state index in [9.17, 15) is 0 Å². The monoisotopic (exact) mass is 287 g/mol.